The molecule has 0 aliphatic heterocycles. The van der Waals surface area contributed by atoms with E-state index < -0.39 is 4.92 Å². The Morgan fingerprint density at radius 3 is 2.71 bits per heavy atom. The second kappa shape index (κ2) is 8.36. The van der Waals surface area contributed by atoms with Crippen LogP contribution in [0.5, 0.6) is 0 Å². The van der Waals surface area contributed by atoms with Gasteiger partial charge in [0.1, 0.15) is 0 Å². The second-order valence-electron chi connectivity index (χ2n) is 5.30. The number of hydrogen-bond acceptors (Lipinski definition) is 5. The highest BCUT2D eigenvalue weighted by Gasteiger charge is 2.20. The van der Waals surface area contributed by atoms with Gasteiger partial charge in [-0.2, -0.15) is 0 Å². The van der Waals surface area contributed by atoms with Crippen LogP contribution in [0, 0.1) is 16.0 Å². The highest BCUT2D eigenvalue weighted by molar-refractivity contribution is 5.72. The summed E-state index contributed by atoms with van der Waals surface area (Å²) in [6.07, 6.45) is 2.04. The van der Waals surface area contributed by atoms with Crippen LogP contribution in [0.3, 0.4) is 0 Å². The molecule has 0 saturated carbocycles. The molecule has 6 nitrogen and oxygen atoms in total. The van der Waals surface area contributed by atoms with Gasteiger partial charge in [0.25, 0.3) is 5.69 Å². The first-order valence-electron chi connectivity index (χ1n) is 6.90. The van der Waals surface area contributed by atoms with Gasteiger partial charge in [0.05, 0.1) is 18.0 Å². The lowest BCUT2D eigenvalue weighted by atomic mass is 9.94. The second-order valence-corrected chi connectivity index (χ2v) is 5.30. The molecule has 1 unspecified atom stereocenters. The lowest BCUT2D eigenvalue weighted by Gasteiger charge is -2.16. The molecule has 1 aromatic rings. The van der Waals surface area contributed by atoms with Gasteiger partial charge in [0, 0.05) is 12.1 Å². The number of rotatable bonds is 8. The van der Waals surface area contributed by atoms with Crippen molar-refractivity contribution in [3.63, 3.8) is 0 Å². The zero-order valence-electron chi connectivity index (χ0n) is 12.7. The maximum absolute atomic E-state index is 11.8. The standard InChI is InChI=1S/C15H22N2O4/c1-16(2)9-5-7-13(15(18)21-3)10-12-6-4-8-14(11-12)17(19)20/h4,6,8,11,13H,5,7,9-10H2,1-3H3. The molecule has 0 aromatic heterocycles. The van der Waals surface area contributed by atoms with E-state index in [9.17, 15) is 14.9 Å². The third-order valence-electron chi connectivity index (χ3n) is 3.30. The number of nitro benzene ring substituents is 1. The fourth-order valence-corrected chi connectivity index (χ4v) is 2.21. The molecule has 0 saturated heterocycles. The number of carbonyl (C=O) groups is 1. The number of methoxy groups -OCH3 is 1. The van der Waals surface area contributed by atoms with Crippen LogP contribution < -0.4 is 0 Å². The molecule has 116 valence electrons. The fourth-order valence-electron chi connectivity index (χ4n) is 2.21. The summed E-state index contributed by atoms with van der Waals surface area (Å²) in [6, 6.07) is 6.40. The summed E-state index contributed by atoms with van der Waals surface area (Å²) < 4.78 is 4.83. The van der Waals surface area contributed by atoms with Crippen molar-refractivity contribution in [3.8, 4) is 0 Å². The molecule has 21 heavy (non-hydrogen) atoms. The monoisotopic (exact) mass is 294 g/mol. The quantitative estimate of drug-likeness (QED) is 0.418. The van der Waals surface area contributed by atoms with Crippen molar-refractivity contribution in [2.24, 2.45) is 5.92 Å². The number of esters is 1. The Bertz CT molecular complexity index is 488. The van der Waals surface area contributed by atoms with Crippen molar-refractivity contribution >= 4 is 11.7 Å². The number of non-ortho nitro benzene ring substituents is 1. The summed E-state index contributed by atoms with van der Waals surface area (Å²) in [6.45, 7) is 0.891. The van der Waals surface area contributed by atoms with Gasteiger partial charge in [-0.25, -0.2) is 0 Å². The van der Waals surface area contributed by atoms with E-state index in [2.05, 4.69) is 4.90 Å². The average Bonchev–Trinajstić information content (AvgIpc) is 2.45. The van der Waals surface area contributed by atoms with Crippen molar-refractivity contribution in [1.29, 1.82) is 0 Å². The van der Waals surface area contributed by atoms with E-state index >= 15 is 0 Å². The van der Waals surface area contributed by atoms with E-state index in [0.29, 0.717) is 12.8 Å². The summed E-state index contributed by atoms with van der Waals surface area (Å²) in [4.78, 5) is 24.3. The number of ether oxygens (including phenoxy) is 1. The minimum Gasteiger partial charge on any atom is -0.469 e. The van der Waals surface area contributed by atoms with Crippen molar-refractivity contribution in [2.45, 2.75) is 19.3 Å². The van der Waals surface area contributed by atoms with Gasteiger partial charge < -0.3 is 9.64 Å². The molecule has 1 rings (SSSR count). The van der Waals surface area contributed by atoms with Gasteiger partial charge >= 0.3 is 5.97 Å². The topological polar surface area (TPSA) is 72.7 Å². The van der Waals surface area contributed by atoms with Crippen LogP contribution in [0.15, 0.2) is 24.3 Å². The zero-order valence-corrected chi connectivity index (χ0v) is 12.7. The maximum atomic E-state index is 11.8. The van der Waals surface area contributed by atoms with Crippen LogP contribution in [0.4, 0.5) is 5.69 Å². The van der Waals surface area contributed by atoms with Crippen LogP contribution >= 0.6 is 0 Å². The van der Waals surface area contributed by atoms with E-state index in [0.717, 1.165) is 18.5 Å². The normalized spacial score (nSPS) is 12.2. The molecule has 1 atom stereocenters. The molecular formula is C15H22N2O4. The van der Waals surface area contributed by atoms with E-state index in [1.165, 1.54) is 19.2 Å². The molecule has 0 spiro atoms. The third kappa shape index (κ3) is 5.91. The molecule has 0 bridgehead atoms. The van der Waals surface area contributed by atoms with Gasteiger partial charge in [-0.1, -0.05) is 12.1 Å². The van der Waals surface area contributed by atoms with Gasteiger partial charge in [0.15, 0.2) is 0 Å². The Kier molecular flexibility index (Phi) is 6.81. The Hall–Kier alpha value is -1.95. The lowest BCUT2D eigenvalue weighted by Crippen LogP contribution is -2.21. The maximum Gasteiger partial charge on any atom is 0.308 e. The Labute approximate surface area is 124 Å². The van der Waals surface area contributed by atoms with E-state index in [1.54, 1.807) is 12.1 Å². The molecule has 0 N–H and O–H groups in total. The van der Waals surface area contributed by atoms with E-state index in [1.807, 2.05) is 14.1 Å². The molecule has 6 heteroatoms. The summed E-state index contributed by atoms with van der Waals surface area (Å²) >= 11 is 0. The highest BCUT2D eigenvalue weighted by Crippen LogP contribution is 2.20. The van der Waals surface area contributed by atoms with Crippen molar-refractivity contribution in [3.05, 3.63) is 39.9 Å². The number of nitro groups is 1. The number of carbonyl (C=O) groups excluding carboxylic acids is 1. The predicted octanol–water partition coefficient (Wildman–Crippen LogP) is 2.27. The van der Waals surface area contributed by atoms with Crippen molar-refractivity contribution in [1.82, 2.24) is 4.90 Å². The smallest absolute Gasteiger partial charge is 0.308 e. The molecule has 0 heterocycles. The highest BCUT2D eigenvalue weighted by atomic mass is 16.6. The van der Waals surface area contributed by atoms with Crippen LogP contribution in [0.1, 0.15) is 18.4 Å². The molecule has 0 fully saturated rings. The third-order valence-corrected chi connectivity index (χ3v) is 3.30. The molecule has 0 amide bonds. The van der Waals surface area contributed by atoms with Gasteiger partial charge in [-0.3, -0.25) is 14.9 Å². The lowest BCUT2D eigenvalue weighted by molar-refractivity contribution is -0.384. The Morgan fingerprint density at radius 2 is 2.14 bits per heavy atom. The average molecular weight is 294 g/mol. The Morgan fingerprint density at radius 1 is 1.43 bits per heavy atom. The van der Waals surface area contributed by atoms with E-state index in [-0.39, 0.29) is 17.6 Å². The predicted molar refractivity (Wildman–Crippen MR) is 80.1 cm³/mol. The molecule has 0 radical (unpaired) electrons. The fraction of sp³-hybridized carbons (Fsp3) is 0.533. The van der Waals surface area contributed by atoms with Crippen LogP contribution in [0.2, 0.25) is 0 Å². The van der Waals surface area contributed by atoms with Crippen LogP contribution in [-0.2, 0) is 16.0 Å². The molecule has 1 aromatic carbocycles. The first-order chi connectivity index (χ1) is 9.93. The first kappa shape index (κ1) is 17.1. The minimum atomic E-state index is -0.428. The van der Waals surface area contributed by atoms with E-state index in [4.69, 9.17) is 4.74 Å². The summed E-state index contributed by atoms with van der Waals surface area (Å²) in [5.41, 5.74) is 0.828. The van der Waals surface area contributed by atoms with Crippen LogP contribution in [0.25, 0.3) is 0 Å². The van der Waals surface area contributed by atoms with Gasteiger partial charge in [-0.15, -0.1) is 0 Å². The number of hydrogen-bond donors (Lipinski definition) is 0. The van der Waals surface area contributed by atoms with Gasteiger partial charge in [-0.05, 0) is 45.5 Å². The number of benzene rings is 1. The molecular weight excluding hydrogens is 272 g/mol. The summed E-state index contributed by atoms with van der Waals surface area (Å²) in [5, 5.41) is 10.8. The first-order valence-corrected chi connectivity index (χ1v) is 6.90. The number of nitrogens with zero attached hydrogens (tertiary/aromatic N) is 2. The molecule has 0 aliphatic rings. The zero-order chi connectivity index (χ0) is 15.8. The molecule has 0 aliphatic carbocycles. The van der Waals surface area contributed by atoms with Crippen molar-refractivity contribution < 1.29 is 14.5 Å². The summed E-state index contributed by atoms with van der Waals surface area (Å²) in [5.74, 6) is -0.530. The summed E-state index contributed by atoms with van der Waals surface area (Å²) in [7, 11) is 5.33. The minimum absolute atomic E-state index is 0.0457. The van der Waals surface area contributed by atoms with Crippen molar-refractivity contribution in [2.75, 3.05) is 27.7 Å². The Balaban J connectivity index is 2.73. The van der Waals surface area contributed by atoms with Gasteiger partial charge in [0.2, 0.25) is 0 Å². The largest absolute Gasteiger partial charge is 0.469 e. The SMILES string of the molecule is COC(=O)C(CCCN(C)C)Cc1cccc([N+](=O)[O-])c1. The van der Waals surface area contributed by atoms with Crippen LogP contribution in [-0.4, -0.2) is 43.5 Å².